The minimum atomic E-state index is 0.358. The quantitative estimate of drug-likeness (QED) is 0.447. The fourth-order valence-corrected chi connectivity index (χ4v) is 1.73. The number of carbonyl (C=O) groups excluding carboxylic acids is 1. The maximum Gasteiger partial charge on any atom is 0.133 e. The lowest BCUT2D eigenvalue weighted by atomic mass is 9.75. The Morgan fingerprint density at radius 3 is 2.56 bits per heavy atom. The van der Waals surface area contributed by atoms with Crippen molar-refractivity contribution >= 4 is 5.78 Å². The molecular formula is C8H10O. The highest BCUT2D eigenvalue weighted by molar-refractivity contribution is 5.82. The predicted molar refractivity (Wildman–Crippen MR) is 35.0 cm³/mol. The van der Waals surface area contributed by atoms with E-state index >= 15 is 0 Å². The third kappa shape index (κ3) is 0.640. The molecule has 0 aromatic carbocycles. The van der Waals surface area contributed by atoms with E-state index in [0.717, 1.165) is 25.7 Å². The Morgan fingerprint density at radius 1 is 1.56 bits per heavy atom. The van der Waals surface area contributed by atoms with Crippen LogP contribution in [0.15, 0.2) is 12.2 Å². The summed E-state index contributed by atoms with van der Waals surface area (Å²) in [7, 11) is 0. The molecule has 0 aliphatic heterocycles. The van der Waals surface area contributed by atoms with Crippen LogP contribution in [0.3, 0.4) is 0 Å². The summed E-state index contributed by atoms with van der Waals surface area (Å²) >= 11 is 0. The van der Waals surface area contributed by atoms with E-state index in [2.05, 4.69) is 12.2 Å². The largest absolute Gasteiger partial charge is 0.300 e. The van der Waals surface area contributed by atoms with Crippen molar-refractivity contribution in [2.45, 2.75) is 25.7 Å². The van der Waals surface area contributed by atoms with Gasteiger partial charge in [-0.3, -0.25) is 4.79 Å². The molecule has 0 N–H and O–H groups in total. The van der Waals surface area contributed by atoms with Crippen molar-refractivity contribution in [3.63, 3.8) is 0 Å². The van der Waals surface area contributed by atoms with Gasteiger partial charge in [-0.15, -0.1) is 0 Å². The lowest BCUT2D eigenvalue weighted by molar-refractivity contribution is -0.117. The van der Waals surface area contributed by atoms with Crippen molar-refractivity contribution in [3.8, 4) is 0 Å². The van der Waals surface area contributed by atoms with Crippen molar-refractivity contribution in [1.82, 2.24) is 0 Å². The Bertz CT molecular complexity index is 181. The van der Waals surface area contributed by atoms with Crippen molar-refractivity contribution in [2.24, 2.45) is 5.41 Å². The normalized spacial score (nSPS) is 39.8. The van der Waals surface area contributed by atoms with E-state index in [4.69, 9.17) is 0 Å². The fraction of sp³-hybridized carbons (Fsp3) is 0.625. The number of rotatable bonds is 0. The molecular weight excluding hydrogens is 112 g/mol. The van der Waals surface area contributed by atoms with Gasteiger partial charge in [0.2, 0.25) is 0 Å². The third-order valence-corrected chi connectivity index (χ3v) is 2.45. The monoisotopic (exact) mass is 122 g/mol. The molecule has 2 aliphatic rings. The van der Waals surface area contributed by atoms with Gasteiger partial charge in [0.15, 0.2) is 0 Å². The molecule has 0 aromatic rings. The molecule has 1 spiro atoms. The second kappa shape index (κ2) is 1.47. The van der Waals surface area contributed by atoms with Crippen LogP contribution in [0.1, 0.15) is 25.7 Å². The van der Waals surface area contributed by atoms with E-state index in [1.54, 1.807) is 0 Å². The van der Waals surface area contributed by atoms with Crippen LogP contribution < -0.4 is 0 Å². The van der Waals surface area contributed by atoms with Gasteiger partial charge in [0.25, 0.3) is 0 Å². The molecule has 0 heterocycles. The van der Waals surface area contributed by atoms with Gasteiger partial charge >= 0.3 is 0 Å². The number of allylic oxidation sites excluding steroid dienone is 2. The molecule has 0 amide bonds. The zero-order valence-corrected chi connectivity index (χ0v) is 5.39. The van der Waals surface area contributed by atoms with Crippen LogP contribution in [-0.4, -0.2) is 5.78 Å². The highest BCUT2D eigenvalue weighted by Crippen LogP contribution is 2.46. The summed E-state index contributed by atoms with van der Waals surface area (Å²) in [5.41, 5.74) is 0.358. The van der Waals surface area contributed by atoms with Gasteiger partial charge < -0.3 is 0 Å². The highest BCUT2D eigenvalue weighted by atomic mass is 16.1. The Labute approximate surface area is 54.8 Å². The Balaban J connectivity index is 2.17. The maximum absolute atomic E-state index is 10.8. The van der Waals surface area contributed by atoms with Crippen molar-refractivity contribution < 1.29 is 4.79 Å². The second-order valence-corrected chi connectivity index (χ2v) is 3.18. The predicted octanol–water partition coefficient (Wildman–Crippen LogP) is 1.69. The van der Waals surface area contributed by atoms with Crippen LogP contribution in [0.4, 0.5) is 0 Å². The summed E-state index contributed by atoms with van der Waals surface area (Å²) in [5.74, 6) is 0.458. The van der Waals surface area contributed by atoms with Gasteiger partial charge in [-0.05, 0) is 18.3 Å². The number of hydrogen-bond donors (Lipinski definition) is 0. The molecule has 2 rings (SSSR count). The second-order valence-electron chi connectivity index (χ2n) is 3.18. The summed E-state index contributed by atoms with van der Waals surface area (Å²) < 4.78 is 0. The van der Waals surface area contributed by atoms with Crippen LogP contribution in [-0.2, 0) is 4.79 Å². The summed E-state index contributed by atoms with van der Waals surface area (Å²) in [6.07, 6.45) is 8.28. The Morgan fingerprint density at radius 2 is 2.33 bits per heavy atom. The third-order valence-electron chi connectivity index (χ3n) is 2.45. The molecule has 1 fully saturated rings. The van der Waals surface area contributed by atoms with Crippen molar-refractivity contribution in [2.75, 3.05) is 0 Å². The molecule has 1 heteroatoms. The molecule has 0 aromatic heterocycles. The minimum Gasteiger partial charge on any atom is -0.300 e. The number of carbonyl (C=O) groups is 1. The molecule has 0 radical (unpaired) electrons. The SMILES string of the molecule is O=C1CCC2(C=CC2)C1. The average Bonchev–Trinajstić information content (AvgIpc) is 2.09. The lowest BCUT2D eigenvalue weighted by Gasteiger charge is -2.29. The first-order valence-electron chi connectivity index (χ1n) is 3.50. The lowest BCUT2D eigenvalue weighted by Crippen LogP contribution is -2.18. The number of hydrogen-bond acceptors (Lipinski definition) is 1. The number of Topliss-reactive ketones (excluding diaryl/α,β-unsaturated/α-hetero) is 1. The van der Waals surface area contributed by atoms with Gasteiger partial charge in [0.05, 0.1) is 0 Å². The summed E-state index contributed by atoms with van der Waals surface area (Å²) in [4.78, 5) is 10.8. The number of ketones is 1. The van der Waals surface area contributed by atoms with E-state index in [1.165, 1.54) is 0 Å². The molecule has 1 unspecified atom stereocenters. The summed E-state index contributed by atoms with van der Waals surface area (Å²) in [5, 5.41) is 0. The van der Waals surface area contributed by atoms with E-state index < -0.39 is 0 Å². The zero-order valence-electron chi connectivity index (χ0n) is 5.39. The fourth-order valence-electron chi connectivity index (χ4n) is 1.73. The smallest absolute Gasteiger partial charge is 0.133 e. The molecule has 2 aliphatic carbocycles. The topological polar surface area (TPSA) is 17.1 Å². The molecule has 0 bridgehead atoms. The first-order chi connectivity index (χ1) is 4.31. The standard InChI is InChI=1S/C8H10O/c9-7-2-5-8(6-7)3-1-4-8/h1,3H,2,4-6H2. The van der Waals surface area contributed by atoms with Crippen LogP contribution in [0, 0.1) is 5.41 Å². The molecule has 0 saturated heterocycles. The van der Waals surface area contributed by atoms with Crippen LogP contribution in [0.2, 0.25) is 0 Å². The van der Waals surface area contributed by atoms with Crippen molar-refractivity contribution in [1.29, 1.82) is 0 Å². The Kier molecular flexibility index (Phi) is 0.850. The highest BCUT2D eigenvalue weighted by Gasteiger charge is 2.38. The minimum absolute atomic E-state index is 0.358. The van der Waals surface area contributed by atoms with Crippen LogP contribution in [0.5, 0.6) is 0 Å². The molecule has 48 valence electrons. The molecule has 1 saturated carbocycles. The molecule has 9 heavy (non-hydrogen) atoms. The van der Waals surface area contributed by atoms with Gasteiger partial charge in [0, 0.05) is 12.8 Å². The average molecular weight is 122 g/mol. The van der Waals surface area contributed by atoms with Gasteiger partial charge in [0.1, 0.15) is 5.78 Å². The molecule has 1 nitrogen and oxygen atoms in total. The summed E-state index contributed by atoms with van der Waals surface area (Å²) in [6.45, 7) is 0. The summed E-state index contributed by atoms with van der Waals surface area (Å²) in [6, 6.07) is 0. The maximum atomic E-state index is 10.8. The van der Waals surface area contributed by atoms with Gasteiger partial charge in [-0.1, -0.05) is 12.2 Å². The van der Waals surface area contributed by atoms with Crippen LogP contribution >= 0.6 is 0 Å². The van der Waals surface area contributed by atoms with Gasteiger partial charge in [-0.25, -0.2) is 0 Å². The van der Waals surface area contributed by atoms with Gasteiger partial charge in [-0.2, -0.15) is 0 Å². The zero-order chi connectivity index (χ0) is 6.32. The first-order valence-corrected chi connectivity index (χ1v) is 3.50. The van der Waals surface area contributed by atoms with E-state index in [1.807, 2.05) is 0 Å². The van der Waals surface area contributed by atoms with E-state index in [-0.39, 0.29) is 0 Å². The molecule has 1 atom stereocenters. The van der Waals surface area contributed by atoms with E-state index in [0.29, 0.717) is 11.2 Å². The first kappa shape index (κ1) is 5.21. The van der Waals surface area contributed by atoms with Crippen molar-refractivity contribution in [3.05, 3.63) is 12.2 Å². The van der Waals surface area contributed by atoms with E-state index in [9.17, 15) is 4.79 Å². The Hall–Kier alpha value is -0.590. The van der Waals surface area contributed by atoms with Crippen LogP contribution in [0.25, 0.3) is 0 Å².